The van der Waals surface area contributed by atoms with Crippen LogP contribution in [0.4, 0.5) is 5.69 Å². The number of esters is 1. The van der Waals surface area contributed by atoms with Gasteiger partial charge in [0.25, 0.3) is 11.6 Å². The number of rotatable bonds is 8. The Labute approximate surface area is 200 Å². The van der Waals surface area contributed by atoms with Crippen LogP contribution in [0.5, 0.6) is 5.75 Å². The van der Waals surface area contributed by atoms with Crippen molar-refractivity contribution in [1.82, 2.24) is 15.5 Å². The first-order chi connectivity index (χ1) is 16.3. The second-order valence-corrected chi connectivity index (χ2v) is 7.54. The molecule has 1 atom stereocenters. The molecule has 34 heavy (non-hydrogen) atoms. The lowest BCUT2D eigenvalue weighted by molar-refractivity contribution is -0.384. The zero-order valence-electron chi connectivity index (χ0n) is 18.0. The minimum Gasteiger partial charge on any atom is -0.490 e. The van der Waals surface area contributed by atoms with Crippen molar-refractivity contribution in [1.29, 1.82) is 0 Å². The van der Waals surface area contributed by atoms with Gasteiger partial charge in [-0.25, -0.2) is 0 Å². The number of hydrogen-bond donors (Lipinski definition) is 2. The average molecular weight is 487 g/mol. The highest BCUT2D eigenvalue weighted by Gasteiger charge is 2.34. The van der Waals surface area contributed by atoms with E-state index in [2.05, 4.69) is 10.6 Å². The summed E-state index contributed by atoms with van der Waals surface area (Å²) in [6.45, 7) is 0.715. The van der Waals surface area contributed by atoms with Gasteiger partial charge in [-0.15, -0.1) is 0 Å². The molecule has 1 unspecified atom stereocenters. The number of nitro benzene ring substituents is 1. The van der Waals surface area contributed by atoms with Gasteiger partial charge in [-0.05, 0) is 36.5 Å². The predicted molar refractivity (Wildman–Crippen MR) is 124 cm³/mol. The van der Waals surface area contributed by atoms with Gasteiger partial charge >= 0.3 is 5.97 Å². The summed E-state index contributed by atoms with van der Waals surface area (Å²) < 4.78 is 10.6. The maximum atomic E-state index is 12.5. The van der Waals surface area contributed by atoms with Crippen molar-refractivity contribution >= 4 is 40.8 Å². The molecule has 1 heterocycles. The number of carbonyl (C=O) groups excluding carboxylic acids is 3. The Morgan fingerprint density at radius 3 is 2.53 bits per heavy atom. The molecule has 1 aliphatic heterocycles. The molecule has 3 rings (SSSR count). The van der Waals surface area contributed by atoms with Crippen molar-refractivity contribution in [2.75, 3.05) is 26.3 Å². The van der Waals surface area contributed by atoms with Crippen LogP contribution in [0.1, 0.15) is 16.8 Å². The number of para-hydroxylation sites is 1. The number of amides is 2. The van der Waals surface area contributed by atoms with Gasteiger partial charge in [0, 0.05) is 30.8 Å². The molecule has 0 saturated carbocycles. The number of nitrogens with zero attached hydrogens (tertiary/aromatic N) is 2. The van der Waals surface area contributed by atoms with Crippen molar-refractivity contribution in [3.05, 3.63) is 70.3 Å². The van der Waals surface area contributed by atoms with Gasteiger partial charge in [-0.3, -0.25) is 29.8 Å². The molecule has 0 spiro atoms. The summed E-state index contributed by atoms with van der Waals surface area (Å²) in [4.78, 5) is 48.8. The molecule has 12 heteroatoms. The van der Waals surface area contributed by atoms with Crippen LogP contribution < -0.4 is 15.4 Å². The molecule has 0 bridgehead atoms. The number of carbonyl (C=O) groups is 3. The van der Waals surface area contributed by atoms with Crippen molar-refractivity contribution in [3.63, 3.8) is 0 Å². The molecule has 2 aromatic carbocycles. The van der Waals surface area contributed by atoms with Crippen molar-refractivity contribution < 1.29 is 28.8 Å². The van der Waals surface area contributed by atoms with Gasteiger partial charge in [-0.2, -0.15) is 0 Å². The van der Waals surface area contributed by atoms with Crippen LogP contribution in [0.25, 0.3) is 0 Å². The smallest absolute Gasteiger partial charge is 0.308 e. The van der Waals surface area contributed by atoms with Gasteiger partial charge in [0.15, 0.2) is 5.11 Å². The van der Waals surface area contributed by atoms with Crippen molar-refractivity contribution in [2.45, 2.75) is 12.5 Å². The minimum absolute atomic E-state index is 0.00337. The fourth-order valence-electron chi connectivity index (χ4n) is 3.18. The van der Waals surface area contributed by atoms with E-state index in [-0.39, 0.29) is 49.1 Å². The molecule has 11 nitrogen and oxygen atoms in total. The highest BCUT2D eigenvalue weighted by Crippen LogP contribution is 2.14. The van der Waals surface area contributed by atoms with Crippen molar-refractivity contribution in [2.24, 2.45) is 0 Å². The van der Waals surface area contributed by atoms with E-state index in [9.17, 15) is 24.5 Å². The van der Waals surface area contributed by atoms with E-state index in [1.807, 2.05) is 18.2 Å². The summed E-state index contributed by atoms with van der Waals surface area (Å²) >= 11 is 5.29. The third kappa shape index (κ3) is 6.72. The second kappa shape index (κ2) is 11.7. The molecule has 2 aromatic rings. The first-order valence-electron chi connectivity index (χ1n) is 10.3. The molecule has 0 radical (unpaired) electrons. The maximum absolute atomic E-state index is 12.5. The lowest BCUT2D eigenvalue weighted by Crippen LogP contribution is -2.60. The number of benzene rings is 2. The van der Waals surface area contributed by atoms with E-state index < -0.39 is 28.7 Å². The summed E-state index contributed by atoms with van der Waals surface area (Å²) in [6.07, 6.45) is -0.273. The third-order valence-electron chi connectivity index (χ3n) is 4.87. The van der Waals surface area contributed by atoms with Crippen molar-refractivity contribution in [3.8, 4) is 5.75 Å². The first kappa shape index (κ1) is 24.6. The number of thiocarbonyl (C=S) groups is 1. The van der Waals surface area contributed by atoms with Gasteiger partial charge in [0.2, 0.25) is 5.91 Å². The molecule has 1 saturated heterocycles. The topological polar surface area (TPSA) is 140 Å². The molecule has 2 amide bonds. The number of nitro groups is 1. The van der Waals surface area contributed by atoms with Gasteiger partial charge in [0.05, 0.1) is 11.3 Å². The molecule has 1 aliphatic rings. The molecule has 1 fully saturated rings. The number of non-ortho nitro benzene ring substituents is 1. The fourth-order valence-corrected chi connectivity index (χ4v) is 3.50. The number of ether oxygens (including phenoxy) is 2. The van der Waals surface area contributed by atoms with Gasteiger partial charge in [-0.1, -0.05) is 18.2 Å². The van der Waals surface area contributed by atoms with Gasteiger partial charge in [0.1, 0.15) is 25.0 Å². The summed E-state index contributed by atoms with van der Waals surface area (Å²) in [5.74, 6) is -0.986. The van der Waals surface area contributed by atoms with E-state index >= 15 is 0 Å². The molecule has 0 aliphatic carbocycles. The molecule has 2 N–H and O–H groups in total. The van der Waals surface area contributed by atoms with Gasteiger partial charge < -0.3 is 19.7 Å². The lowest BCUT2D eigenvalue weighted by atomic mass is 10.1. The third-order valence-corrected chi connectivity index (χ3v) is 5.21. The van der Waals surface area contributed by atoms with E-state index in [1.165, 1.54) is 29.2 Å². The monoisotopic (exact) mass is 486 g/mol. The summed E-state index contributed by atoms with van der Waals surface area (Å²) in [5, 5.41) is 15.9. The Morgan fingerprint density at radius 2 is 1.85 bits per heavy atom. The van der Waals surface area contributed by atoms with Crippen LogP contribution in [0, 0.1) is 10.1 Å². The SMILES string of the molecule is O=C(CC1C(=O)NCCN1C(=S)NC(=O)c1ccc([N+](=O)[O-])cc1)OCCOc1ccccc1. The number of piperazine rings is 1. The minimum atomic E-state index is -0.957. The fraction of sp³-hybridized carbons (Fsp3) is 0.273. The largest absolute Gasteiger partial charge is 0.490 e. The Morgan fingerprint density at radius 1 is 1.15 bits per heavy atom. The standard InChI is InChI=1S/C22H22N4O7S/c27-19(33-13-12-32-17-4-2-1-3-5-17)14-18-21(29)23-10-11-25(18)22(34)24-20(28)15-6-8-16(9-7-15)26(30)31/h1-9,18H,10-14H2,(H,23,29)(H,24,28,34). The second-order valence-electron chi connectivity index (χ2n) is 7.15. The van der Waals surface area contributed by atoms with Crippen LogP contribution in [0.3, 0.4) is 0 Å². The van der Waals surface area contributed by atoms with Crippen LogP contribution in [-0.4, -0.2) is 65.1 Å². The summed E-state index contributed by atoms with van der Waals surface area (Å²) in [7, 11) is 0. The molecular formula is C22H22N4O7S. The Hall–Kier alpha value is -4.06. The number of hydrogen-bond acceptors (Lipinski definition) is 8. The van der Waals surface area contributed by atoms with Crippen LogP contribution in [0.2, 0.25) is 0 Å². The highest BCUT2D eigenvalue weighted by molar-refractivity contribution is 7.80. The highest BCUT2D eigenvalue weighted by atomic mass is 32.1. The van der Waals surface area contributed by atoms with E-state index in [4.69, 9.17) is 21.7 Å². The Balaban J connectivity index is 1.53. The molecular weight excluding hydrogens is 464 g/mol. The average Bonchev–Trinajstić information content (AvgIpc) is 2.83. The Kier molecular flexibility index (Phi) is 8.46. The normalized spacial score (nSPS) is 15.1. The molecule has 178 valence electrons. The summed E-state index contributed by atoms with van der Waals surface area (Å²) in [6, 6.07) is 13.1. The van der Waals surface area contributed by atoms with Crippen LogP contribution >= 0.6 is 12.2 Å². The zero-order chi connectivity index (χ0) is 24.5. The first-order valence-corrected chi connectivity index (χ1v) is 10.7. The quantitative estimate of drug-likeness (QED) is 0.186. The lowest BCUT2D eigenvalue weighted by Gasteiger charge is -2.36. The maximum Gasteiger partial charge on any atom is 0.308 e. The van der Waals surface area contributed by atoms with E-state index in [0.29, 0.717) is 5.75 Å². The number of nitrogens with one attached hydrogen (secondary N) is 2. The Bertz CT molecular complexity index is 1060. The van der Waals surface area contributed by atoms with E-state index in [1.54, 1.807) is 12.1 Å². The zero-order valence-corrected chi connectivity index (χ0v) is 18.8. The molecule has 0 aromatic heterocycles. The van der Waals surface area contributed by atoms with Crippen LogP contribution in [-0.2, 0) is 14.3 Å². The predicted octanol–water partition coefficient (Wildman–Crippen LogP) is 1.42. The van der Waals surface area contributed by atoms with E-state index in [0.717, 1.165) is 0 Å². The van der Waals surface area contributed by atoms with Crippen LogP contribution in [0.15, 0.2) is 54.6 Å². The summed E-state index contributed by atoms with van der Waals surface area (Å²) in [5.41, 5.74) is 0.00311.